The van der Waals surface area contributed by atoms with Crippen LogP contribution in [-0.4, -0.2) is 50.0 Å². The minimum absolute atomic E-state index is 0.0664. The van der Waals surface area contributed by atoms with Crippen molar-refractivity contribution in [1.82, 2.24) is 10.2 Å². The maximum Gasteiger partial charge on any atom is 0.243 e. The molecule has 36 heavy (non-hydrogen) atoms. The number of hydrogen-bond donors (Lipinski definition) is 1. The van der Waals surface area contributed by atoms with Crippen LogP contribution in [0.3, 0.4) is 0 Å². The SMILES string of the molecule is CCC(C(=O)NC(C)C)N(Cc1ccc(Cl)cc1)C(=O)CCCN(c1cccc(Cl)c1C)S(C)(=O)=O. The van der Waals surface area contributed by atoms with E-state index in [4.69, 9.17) is 23.2 Å². The van der Waals surface area contributed by atoms with Gasteiger partial charge in [-0.3, -0.25) is 13.9 Å². The molecular formula is C26H35Cl2N3O4S. The molecule has 7 nitrogen and oxygen atoms in total. The van der Waals surface area contributed by atoms with Crippen LogP contribution >= 0.6 is 23.2 Å². The average molecular weight is 557 g/mol. The Bertz CT molecular complexity index is 1150. The van der Waals surface area contributed by atoms with E-state index in [9.17, 15) is 18.0 Å². The Morgan fingerprint density at radius 2 is 1.69 bits per heavy atom. The molecule has 0 radical (unpaired) electrons. The molecule has 10 heteroatoms. The highest BCUT2D eigenvalue weighted by Gasteiger charge is 2.29. The molecule has 0 spiro atoms. The predicted molar refractivity (Wildman–Crippen MR) is 147 cm³/mol. The summed E-state index contributed by atoms with van der Waals surface area (Å²) in [6.45, 7) is 7.70. The fourth-order valence-corrected chi connectivity index (χ4v) is 5.25. The van der Waals surface area contributed by atoms with Crippen LogP contribution in [-0.2, 0) is 26.2 Å². The molecule has 2 aromatic rings. The Kier molecular flexibility index (Phi) is 11.1. The van der Waals surface area contributed by atoms with E-state index < -0.39 is 16.1 Å². The van der Waals surface area contributed by atoms with E-state index in [1.54, 1.807) is 42.2 Å². The molecule has 0 aromatic heterocycles. The number of carbonyl (C=O) groups excluding carboxylic acids is 2. The topological polar surface area (TPSA) is 86.8 Å². The van der Waals surface area contributed by atoms with Gasteiger partial charge in [0.1, 0.15) is 6.04 Å². The zero-order valence-corrected chi connectivity index (χ0v) is 23.8. The number of carbonyl (C=O) groups is 2. The Labute approximate surface area is 224 Å². The van der Waals surface area contributed by atoms with Gasteiger partial charge < -0.3 is 10.2 Å². The number of nitrogens with zero attached hydrogens (tertiary/aromatic N) is 2. The standard InChI is InChI=1S/C26H35Cl2N3O4S/c1-6-23(26(33)29-18(2)3)30(17-20-12-14-21(27)15-13-20)25(32)11-8-16-31(36(5,34)35)24-10-7-9-22(28)19(24)4/h7,9-10,12-15,18,23H,6,8,11,16-17H2,1-5H3,(H,29,33). The van der Waals surface area contributed by atoms with Gasteiger partial charge in [0.2, 0.25) is 21.8 Å². The van der Waals surface area contributed by atoms with Crippen molar-refractivity contribution in [1.29, 1.82) is 0 Å². The van der Waals surface area contributed by atoms with Gasteiger partial charge in [-0.2, -0.15) is 0 Å². The highest BCUT2D eigenvalue weighted by molar-refractivity contribution is 7.92. The van der Waals surface area contributed by atoms with Crippen molar-refractivity contribution in [2.45, 2.75) is 65.6 Å². The molecule has 0 saturated carbocycles. The van der Waals surface area contributed by atoms with Crippen LogP contribution in [0.1, 0.15) is 51.2 Å². The van der Waals surface area contributed by atoms with Gasteiger partial charge >= 0.3 is 0 Å². The smallest absolute Gasteiger partial charge is 0.243 e. The first-order valence-corrected chi connectivity index (χ1v) is 14.5. The summed E-state index contributed by atoms with van der Waals surface area (Å²) in [7, 11) is -3.60. The summed E-state index contributed by atoms with van der Waals surface area (Å²) in [6, 6.07) is 11.5. The van der Waals surface area contributed by atoms with Crippen LogP contribution in [0.15, 0.2) is 42.5 Å². The van der Waals surface area contributed by atoms with E-state index in [1.807, 2.05) is 32.9 Å². The Morgan fingerprint density at radius 3 is 2.25 bits per heavy atom. The fourth-order valence-electron chi connectivity index (χ4n) is 3.94. The molecule has 2 rings (SSSR count). The van der Waals surface area contributed by atoms with E-state index in [0.29, 0.717) is 27.7 Å². The molecule has 1 N–H and O–H groups in total. The molecule has 0 saturated heterocycles. The van der Waals surface area contributed by atoms with Crippen LogP contribution in [0.25, 0.3) is 0 Å². The monoisotopic (exact) mass is 555 g/mol. The summed E-state index contributed by atoms with van der Waals surface area (Å²) in [5.74, 6) is -0.450. The van der Waals surface area contributed by atoms with Crippen LogP contribution in [0.2, 0.25) is 10.0 Å². The van der Waals surface area contributed by atoms with E-state index in [2.05, 4.69) is 5.32 Å². The van der Waals surface area contributed by atoms with Gasteiger partial charge in [-0.15, -0.1) is 0 Å². The highest BCUT2D eigenvalue weighted by atomic mass is 35.5. The lowest BCUT2D eigenvalue weighted by atomic mass is 10.1. The van der Waals surface area contributed by atoms with Crippen molar-refractivity contribution in [2.75, 3.05) is 17.1 Å². The first-order chi connectivity index (χ1) is 16.8. The zero-order chi connectivity index (χ0) is 27.0. The second-order valence-corrected chi connectivity index (χ2v) is 11.8. The molecule has 1 unspecified atom stereocenters. The molecule has 1 atom stereocenters. The minimum Gasteiger partial charge on any atom is -0.352 e. The molecule has 0 bridgehead atoms. The molecule has 0 aliphatic carbocycles. The van der Waals surface area contributed by atoms with Crippen LogP contribution in [0, 0.1) is 6.92 Å². The van der Waals surface area contributed by atoms with Gasteiger partial charge in [0.25, 0.3) is 0 Å². The first-order valence-electron chi connectivity index (χ1n) is 11.9. The van der Waals surface area contributed by atoms with Crippen molar-refractivity contribution < 1.29 is 18.0 Å². The van der Waals surface area contributed by atoms with Crippen LogP contribution in [0.4, 0.5) is 5.69 Å². The highest BCUT2D eigenvalue weighted by Crippen LogP contribution is 2.28. The lowest BCUT2D eigenvalue weighted by Gasteiger charge is -2.31. The van der Waals surface area contributed by atoms with Gasteiger partial charge in [-0.05, 0) is 69.0 Å². The normalized spacial score (nSPS) is 12.3. The van der Waals surface area contributed by atoms with Crippen molar-refractivity contribution in [3.05, 3.63) is 63.6 Å². The molecule has 2 amide bonds. The van der Waals surface area contributed by atoms with Crippen molar-refractivity contribution in [2.24, 2.45) is 0 Å². The zero-order valence-electron chi connectivity index (χ0n) is 21.4. The minimum atomic E-state index is -3.60. The third-order valence-corrected chi connectivity index (χ3v) is 7.58. The Hall–Kier alpha value is -2.29. The quantitative estimate of drug-likeness (QED) is 0.391. The Morgan fingerprint density at radius 1 is 1.06 bits per heavy atom. The van der Waals surface area contributed by atoms with Gasteiger partial charge in [0.15, 0.2) is 0 Å². The van der Waals surface area contributed by atoms with Gasteiger partial charge in [-0.1, -0.05) is 48.3 Å². The molecule has 198 valence electrons. The predicted octanol–water partition coefficient (Wildman–Crippen LogP) is 5.18. The second kappa shape index (κ2) is 13.3. The summed E-state index contributed by atoms with van der Waals surface area (Å²) in [5, 5.41) is 3.95. The molecule has 0 aliphatic rings. The van der Waals surface area contributed by atoms with Gasteiger partial charge in [0, 0.05) is 35.6 Å². The lowest BCUT2D eigenvalue weighted by Crippen LogP contribution is -2.50. The third-order valence-electron chi connectivity index (χ3n) is 5.74. The van der Waals surface area contributed by atoms with Crippen molar-refractivity contribution in [3.8, 4) is 0 Å². The molecular weight excluding hydrogens is 521 g/mol. The van der Waals surface area contributed by atoms with Crippen LogP contribution in [0.5, 0.6) is 0 Å². The Balaban J connectivity index is 2.24. The summed E-state index contributed by atoms with van der Waals surface area (Å²) in [5.41, 5.74) is 1.98. The molecule has 0 heterocycles. The summed E-state index contributed by atoms with van der Waals surface area (Å²) in [6.07, 6.45) is 1.92. The summed E-state index contributed by atoms with van der Waals surface area (Å²) in [4.78, 5) is 27.9. The van der Waals surface area contributed by atoms with E-state index in [0.717, 1.165) is 11.8 Å². The molecule has 0 fully saturated rings. The summed E-state index contributed by atoms with van der Waals surface area (Å²) >= 11 is 12.2. The number of sulfonamides is 1. The van der Waals surface area contributed by atoms with Gasteiger partial charge in [-0.25, -0.2) is 8.42 Å². The number of rotatable bonds is 12. The summed E-state index contributed by atoms with van der Waals surface area (Å²) < 4.78 is 26.4. The first kappa shape index (κ1) is 29.9. The number of benzene rings is 2. The maximum atomic E-state index is 13.4. The van der Waals surface area contributed by atoms with Crippen molar-refractivity contribution >= 4 is 50.7 Å². The number of anilines is 1. The average Bonchev–Trinajstić information content (AvgIpc) is 2.78. The number of halogens is 2. The molecule has 2 aromatic carbocycles. The van der Waals surface area contributed by atoms with E-state index in [-0.39, 0.29) is 43.8 Å². The number of nitrogens with one attached hydrogen (secondary N) is 1. The number of hydrogen-bond acceptors (Lipinski definition) is 4. The van der Waals surface area contributed by atoms with Crippen LogP contribution < -0.4 is 9.62 Å². The molecule has 0 aliphatic heterocycles. The van der Waals surface area contributed by atoms with E-state index in [1.165, 1.54) is 4.31 Å². The third kappa shape index (κ3) is 8.39. The lowest BCUT2D eigenvalue weighted by molar-refractivity contribution is -0.141. The van der Waals surface area contributed by atoms with Gasteiger partial charge in [0.05, 0.1) is 11.9 Å². The van der Waals surface area contributed by atoms with E-state index >= 15 is 0 Å². The maximum absolute atomic E-state index is 13.4. The largest absolute Gasteiger partial charge is 0.352 e. The number of amides is 2. The fraction of sp³-hybridized carbons (Fsp3) is 0.462. The van der Waals surface area contributed by atoms with Crippen molar-refractivity contribution in [3.63, 3.8) is 0 Å². The second-order valence-electron chi connectivity index (χ2n) is 9.06.